The number of hydrogen-bond donors (Lipinski definition) is 2. The van der Waals surface area contributed by atoms with Crippen LogP contribution >= 0.6 is 0 Å². The van der Waals surface area contributed by atoms with Crippen LogP contribution in [0.5, 0.6) is 23.0 Å². The number of carbonyl (C=O) groups excluding carboxylic acids is 2. The van der Waals surface area contributed by atoms with Crippen molar-refractivity contribution < 1.29 is 43.5 Å². The molecule has 5 rings (SSSR count). The third-order valence-electron chi connectivity index (χ3n) is 5.58. The molecule has 1 saturated heterocycles. The smallest absolute Gasteiger partial charge is 0.326 e. The molecule has 170 valence electrons. The Labute approximate surface area is 187 Å². The first kappa shape index (κ1) is 20.8. The maximum absolute atomic E-state index is 12.7. The van der Waals surface area contributed by atoms with Crippen molar-refractivity contribution in [2.45, 2.75) is 18.6 Å². The van der Waals surface area contributed by atoms with Crippen LogP contribution in [0.1, 0.15) is 22.3 Å². The van der Waals surface area contributed by atoms with E-state index in [1.165, 1.54) is 18.2 Å². The number of nitrogens with zero attached hydrogens (tertiary/aromatic N) is 1. The van der Waals surface area contributed by atoms with Crippen molar-refractivity contribution in [2.75, 3.05) is 19.9 Å². The predicted molar refractivity (Wildman–Crippen MR) is 111 cm³/mol. The number of rotatable bonds is 5. The van der Waals surface area contributed by atoms with E-state index in [1.54, 1.807) is 24.3 Å². The van der Waals surface area contributed by atoms with E-state index in [9.17, 15) is 24.6 Å². The lowest BCUT2D eigenvalue weighted by atomic mass is 10.1. The number of carbonyl (C=O) groups is 3. The number of aliphatic carboxylic acids is 1. The molecule has 1 amide bonds. The molecular weight excluding hydrogens is 434 g/mol. The van der Waals surface area contributed by atoms with Gasteiger partial charge in [0.1, 0.15) is 17.5 Å². The van der Waals surface area contributed by atoms with E-state index in [1.807, 2.05) is 0 Å². The van der Waals surface area contributed by atoms with Gasteiger partial charge >= 0.3 is 5.97 Å². The number of ketones is 1. The van der Waals surface area contributed by atoms with E-state index in [0.29, 0.717) is 22.6 Å². The molecule has 0 aromatic heterocycles. The van der Waals surface area contributed by atoms with Gasteiger partial charge in [0.2, 0.25) is 12.6 Å². The van der Waals surface area contributed by atoms with E-state index in [-0.39, 0.29) is 42.8 Å². The molecule has 3 aliphatic heterocycles. The third-order valence-corrected chi connectivity index (χ3v) is 5.58. The quantitative estimate of drug-likeness (QED) is 0.646. The van der Waals surface area contributed by atoms with Gasteiger partial charge < -0.3 is 34.1 Å². The Balaban J connectivity index is 1.27. The molecule has 0 aliphatic carbocycles. The van der Waals surface area contributed by atoms with Gasteiger partial charge in [0.05, 0.1) is 11.7 Å². The lowest BCUT2D eigenvalue weighted by molar-refractivity contribution is -0.148. The first-order valence-electron chi connectivity index (χ1n) is 10.2. The molecule has 3 aliphatic rings. The molecule has 2 aromatic carbocycles. The van der Waals surface area contributed by atoms with Gasteiger partial charge in [-0.15, -0.1) is 0 Å². The Morgan fingerprint density at radius 3 is 2.76 bits per heavy atom. The summed E-state index contributed by atoms with van der Waals surface area (Å²) in [6.07, 6.45) is 0.692. The van der Waals surface area contributed by atoms with Crippen LogP contribution in [0.4, 0.5) is 0 Å². The monoisotopic (exact) mass is 453 g/mol. The summed E-state index contributed by atoms with van der Waals surface area (Å²) >= 11 is 0. The van der Waals surface area contributed by atoms with Crippen LogP contribution in [0.3, 0.4) is 0 Å². The van der Waals surface area contributed by atoms with E-state index in [2.05, 4.69) is 0 Å². The van der Waals surface area contributed by atoms with E-state index >= 15 is 0 Å². The minimum absolute atomic E-state index is 0.0195. The molecule has 0 radical (unpaired) electrons. The number of likely N-dealkylation sites (tertiary alicyclic amines) is 1. The number of benzene rings is 2. The topological polar surface area (TPSA) is 132 Å². The number of amides is 1. The van der Waals surface area contributed by atoms with Crippen LogP contribution in [0.25, 0.3) is 6.08 Å². The number of hydrogen-bond acceptors (Lipinski definition) is 8. The summed E-state index contributed by atoms with van der Waals surface area (Å²) < 4.78 is 21.8. The Morgan fingerprint density at radius 1 is 1.12 bits per heavy atom. The zero-order valence-corrected chi connectivity index (χ0v) is 17.2. The highest BCUT2D eigenvalue weighted by molar-refractivity contribution is 6.14. The van der Waals surface area contributed by atoms with Crippen LogP contribution in [0.2, 0.25) is 0 Å². The molecule has 33 heavy (non-hydrogen) atoms. The van der Waals surface area contributed by atoms with Crippen molar-refractivity contribution in [3.8, 4) is 23.0 Å². The Morgan fingerprint density at radius 2 is 1.94 bits per heavy atom. The van der Waals surface area contributed by atoms with Crippen molar-refractivity contribution in [1.29, 1.82) is 0 Å². The van der Waals surface area contributed by atoms with Gasteiger partial charge in [0.25, 0.3) is 5.91 Å². The minimum Gasteiger partial charge on any atom is -0.484 e. The number of carboxylic acid groups (broad SMARTS) is 1. The zero-order chi connectivity index (χ0) is 23.1. The van der Waals surface area contributed by atoms with Crippen molar-refractivity contribution in [2.24, 2.45) is 0 Å². The molecule has 2 atom stereocenters. The number of ether oxygens (including phenoxy) is 4. The number of aliphatic hydroxyl groups is 1. The number of aliphatic hydroxyl groups excluding tert-OH is 1. The summed E-state index contributed by atoms with van der Waals surface area (Å²) in [7, 11) is 0. The van der Waals surface area contributed by atoms with Crippen molar-refractivity contribution >= 4 is 23.7 Å². The van der Waals surface area contributed by atoms with Crippen LogP contribution in [0.15, 0.2) is 42.2 Å². The molecule has 10 heteroatoms. The van der Waals surface area contributed by atoms with Gasteiger partial charge in [0.15, 0.2) is 23.9 Å². The Hall–Kier alpha value is -4.05. The fourth-order valence-electron chi connectivity index (χ4n) is 3.96. The third kappa shape index (κ3) is 3.96. The summed E-state index contributed by atoms with van der Waals surface area (Å²) in [5.41, 5.74) is 1.06. The maximum Gasteiger partial charge on any atom is 0.326 e. The van der Waals surface area contributed by atoms with Gasteiger partial charge in [-0.05, 0) is 35.9 Å². The van der Waals surface area contributed by atoms with Gasteiger partial charge in [-0.25, -0.2) is 4.79 Å². The SMILES string of the molecule is O=C1C(=Cc2ccc3c(c2)OCO3)Oc2cc(OCC(=O)N3CC(O)C[C@H]3C(=O)O)ccc21. The maximum atomic E-state index is 12.7. The lowest BCUT2D eigenvalue weighted by Crippen LogP contribution is -2.42. The number of fused-ring (bicyclic) bond motifs is 2. The number of β-amino-alcohol motifs (C(OH)–C–C–N with tert-alkyl or cyclic N) is 1. The van der Waals surface area contributed by atoms with Crippen LogP contribution in [-0.2, 0) is 9.59 Å². The van der Waals surface area contributed by atoms with Gasteiger partial charge in [-0.2, -0.15) is 0 Å². The highest BCUT2D eigenvalue weighted by atomic mass is 16.7. The van der Waals surface area contributed by atoms with Crippen molar-refractivity contribution in [1.82, 2.24) is 4.90 Å². The fourth-order valence-corrected chi connectivity index (χ4v) is 3.96. The minimum atomic E-state index is -1.17. The van der Waals surface area contributed by atoms with Crippen LogP contribution in [0, 0.1) is 0 Å². The molecular formula is C23H19NO9. The van der Waals surface area contributed by atoms with Gasteiger partial charge in [-0.1, -0.05) is 6.07 Å². The molecule has 10 nitrogen and oxygen atoms in total. The summed E-state index contributed by atoms with van der Waals surface area (Å²) in [5, 5.41) is 18.9. The predicted octanol–water partition coefficient (Wildman–Crippen LogP) is 1.46. The highest BCUT2D eigenvalue weighted by Crippen LogP contribution is 2.37. The molecule has 0 spiro atoms. The summed E-state index contributed by atoms with van der Waals surface area (Å²) in [4.78, 5) is 37.5. The number of allylic oxidation sites excluding steroid dienone is 1. The Bertz CT molecular complexity index is 1190. The molecule has 1 unspecified atom stereocenters. The largest absolute Gasteiger partial charge is 0.484 e. The van der Waals surface area contributed by atoms with Crippen molar-refractivity contribution in [3.63, 3.8) is 0 Å². The van der Waals surface area contributed by atoms with Crippen molar-refractivity contribution in [3.05, 3.63) is 53.3 Å². The summed E-state index contributed by atoms with van der Waals surface area (Å²) in [5.74, 6) is -0.0984. The first-order valence-corrected chi connectivity index (χ1v) is 10.2. The second-order valence-corrected chi connectivity index (χ2v) is 7.79. The standard InChI is InChI=1S/C23H19NO9/c25-13-7-16(23(28)29)24(9-13)21(26)10-30-14-2-3-15-18(8-14)33-20(22(15)27)6-12-1-4-17-19(5-12)32-11-31-17/h1-6,8,13,16,25H,7,9-11H2,(H,28,29)/t13?,16-/m0/s1. The average Bonchev–Trinajstić information content (AvgIpc) is 3.49. The van der Waals surface area contributed by atoms with E-state index < -0.39 is 30.6 Å². The number of Topliss-reactive ketones (excluding diaryl/α,β-unsaturated/α-hetero) is 1. The normalized spacial score (nSPS) is 21.8. The van der Waals surface area contributed by atoms with E-state index in [0.717, 1.165) is 4.90 Å². The molecule has 3 heterocycles. The van der Waals surface area contributed by atoms with Gasteiger partial charge in [-0.3, -0.25) is 9.59 Å². The average molecular weight is 453 g/mol. The molecule has 2 N–H and O–H groups in total. The second-order valence-electron chi connectivity index (χ2n) is 7.79. The zero-order valence-electron chi connectivity index (χ0n) is 17.2. The first-order chi connectivity index (χ1) is 15.9. The van der Waals surface area contributed by atoms with E-state index in [4.69, 9.17) is 18.9 Å². The molecule has 2 aromatic rings. The highest BCUT2D eigenvalue weighted by Gasteiger charge is 2.39. The molecule has 1 fully saturated rings. The molecule has 0 bridgehead atoms. The molecule has 0 saturated carbocycles. The summed E-state index contributed by atoms with van der Waals surface area (Å²) in [6, 6.07) is 8.75. The Kier molecular flexibility index (Phi) is 5.14. The van der Waals surface area contributed by atoms with Gasteiger partial charge in [0, 0.05) is 19.0 Å². The summed E-state index contributed by atoms with van der Waals surface area (Å²) in [6.45, 7) is -0.324. The fraction of sp³-hybridized carbons (Fsp3) is 0.261. The lowest BCUT2D eigenvalue weighted by Gasteiger charge is -2.21. The second kappa shape index (κ2) is 8.14. The number of carboxylic acids is 1. The van der Waals surface area contributed by atoms with Crippen LogP contribution in [-0.4, -0.2) is 64.9 Å². The van der Waals surface area contributed by atoms with Crippen LogP contribution < -0.4 is 18.9 Å².